The van der Waals surface area contributed by atoms with Crippen LogP contribution < -0.4 is 0 Å². The first-order valence-electron chi connectivity index (χ1n) is 5.08. The zero-order valence-electron chi connectivity index (χ0n) is 8.32. The Morgan fingerprint density at radius 2 is 2.29 bits per heavy atom. The van der Waals surface area contributed by atoms with E-state index in [2.05, 4.69) is 13.0 Å². The summed E-state index contributed by atoms with van der Waals surface area (Å²) in [6, 6.07) is 8.00. The Morgan fingerprint density at radius 3 is 2.93 bits per heavy atom. The Labute approximate surface area is 88.9 Å². The molecule has 0 heterocycles. The van der Waals surface area contributed by atoms with Crippen LogP contribution in [0, 0.1) is 5.92 Å². The molecule has 2 rings (SSSR count). The van der Waals surface area contributed by atoms with Gasteiger partial charge in [0.25, 0.3) is 0 Å². The normalized spacial score (nSPS) is 15.5. The smallest absolute Gasteiger partial charge is 0.165 e. The zero-order chi connectivity index (χ0) is 9.97. The van der Waals surface area contributed by atoms with E-state index in [9.17, 15) is 4.79 Å². The van der Waals surface area contributed by atoms with Crippen LogP contribution in [0.1, 0.15) is 30.1 Å². The Balaban J connectivity index is 2.16. The molecule has 0 aromatic heterocycles. The fourth-order valence-electron chi connectivity index (χ4n) is 1.49. The molecule has 74 valence electrons. The lowest BCUT2D eigenvalue weighted by Crippen LogP contribution is -2.00. The van der Waals surface area contributed by atoms with E-state index in [0.29, 0.717) is 11.7 Å². The van der Waals surface area contributed by atoms with Gasteiger partial charge in [0.1, 0.15) is 0 Å². The first kappa shape index (κ1) is 9.78. The lowest BCUT2D eigenvalue weighted by molar-refractivity contribution is 0.0967. The number of carbonyl (C=O) groups excluding carboxylic acids is 1. The topological polar surface area (TPSA) is 17.1 Å². The van der Waals surface area contributed by atoms with Crippen molar-refractivity contribution in [3.8, 4) is 0 Å². The number of Topliss-reactive ketones (excluding diaryl/α,β-unsaturated/α-hetero) is 1. The molecule has 1 aliphatic rings. The van der Waals surface area contributed by atoms with Crippen LogP contribution in [0.15, 0.2) is 29.2 Å². The molecule has 14 heavy (non-hydrogen) atoms. The second kappa shape index (κ2) is 4.18. The third-order valence-corrected chi connectivity index (χ3v) is 3.25. The van der Waals surface area contributed by atoms with Crippen molar-refractivity contribution in [2.45, 2.75) is 24.7 Å². The predicted molar refractivity (Wildman–Crippen MR) is 59.9 cm³/mol. The van der Waals surface area contributed by atoms with Crippen LogP contribution in [0.5, 0.6) is 0 Å². The quantitative estimate of drug-likeness (QED) is 0.555. The van der Waals surface area contributed by atoms with E-state index in [0.717, 1.165) is 24.2 Å². The lowest BCUT2D eigenvalue weighted by atomic mass is 10.1. The summed E-state index contributed by atoms with van der Waals surface area (Å²) in [5.41, 5.74) is 0.894. The van der Waals surface area contributed by atoms with Crippen molar-refractivity contribution in [1.29, 1.82) is 0 Å². The minimum absolute atomic E-state index is 0.330. The molecule has 0 N–H and O–H groups in total. The summed E-state index contributed by atoms with van der Waals surface area (Å²) >= 11 is 1.79. The van der Waals surface area contributed by atoms with Gasteiger partial charge in [-0.15, -0.1) is 11.8 Å². The molecule has 1 saturated carbocycles. The van der Waals surface area contributed by atoms with Gasteiger partial charge in [0.05, 0.1) is 0 Å². The fourth-order valence-corrected chi connectivity index (χ4v) is 2.21. The first-order valence-corrected chi connectivity index (χ1v) is 6.07. The lowest BCUT2D eigenvalue weighted by Gasteiger charge is -2.02. The number of thioether (sulfide) groups is 1. The van der Waals surface area contributed by atoms with Crippen LogP contribution in [0.4, 0.5) is 0 Å². The maximum Gasteiger partial charge on any atom is 0.165 e. The summed E-state index contributed by atoms with van der Waals surface area (Å²) in [7, 11) is 0. The van der Waals surface area contributed by atoms with Crippen LogP contribution in [-0.4, -0.2) is 11.5 Å². The summed E-state index contributed by atoms with van der Waals surface area (Å²) in [6.07, 6.45) is 2.17. The molecule has 0 spiro atoms. The van der Waals surface area contributed by atoms with Gasteiger partial charge in [0.2, 0.25) is 0 Å². The van der Waals surface area contributed by atoms with Crippen LogP contribution >= 0.6 is 11.8 Å². The standard InChI is InChI=1S/C12H14OS/c1-2-14-11-5-3-4-10(8-11)12(13)9-6-7-9/h3-5,8-9H,2,6-7H2,1H3. The van der Waals surface area contributed by atoms with E-state index in [1.54, 1.807) is 11.8 Å². The maximum atomic E-state index is 11.8. The highest BCUT2D eigenvalue weighted by Gasteiger charge is 2.30. The highest BCUT2D eigenvalue weighted by molar-refractivity contribution is 7.99. The molecule has 0 bridgehead atoms. The van der Waals surface area contributed by atoms with E-state index in [-0.39, 0.29) is 0 Å². The molecule has 2 heteroatoms. The van der Waals surface area contributed by atoms with Gasteiger partial charge >= 0.3 is 0 Å². The predicted octanol–water partition coefficient (Wildman–Crippen LogP) is 3.39. The Kier molecular flexibility index (Phi) is 2.92. The third-order valence-electron chi connectivity index (χ3n) is 2.38. The Bertz CT molecular complexity index is 342. The molecule has 1 fully saturated rings. The summed E-state index contributed by atoms with van der Waals surface area (Å²) in [4.78, 5) is 13.0. The number of benzene rings is 1. The fraction of sp³-hybridized carbons (Fsp3) is 0.417. The minimum Gasteiger partial charge on any atom is -0.294 e. The average Bonchev–Trinajstić information content (AvgIpc) is 3.01. The van der Waals surface area contributed by atoms with Gasteiger partial charge < -0.3 is 0 Å². The van der Waals surface area contributed by atoms with E-state index >= 15 is 0 Å². The van der Waals surface area contributed by atoms with Crippen molar-refractivity contribution >= 4 is 17.5 Å². The minimum atomic E-state index is 0.330. The van der Waals surface area contributed by atoms with Gasteiger partial charge in [-0.2, -0.15) is 0 Å². The summed E-state index contributed by atoms with van der Waals surface area (Å²) < 4.78 is 0. The van der Waals surface area contributed by atoms with Crippen molar-refractivity contribution in [2.75, 3.05) is 5.75 Å². The molecule has 0 radical (unpaired) electrons. The van der Waals surface area contributed by atoms with Crippen molar-refractivity contribution in [3.05, 3.63) is 29.8 Å². The van der Waals surface area contributed by atoms with Gasteiger partial charge in [-0.25, -0.2) is 0 Å². The molecule has 1 nitrogen and oxygen atoms in total. The van der Waals surface area contributed by atoms with Crippen molar-refractivity contribution in [2.24, 2.45) is 5.92 Å². The van der Waals surface area contributed by atoms with Crippen LogP contribution in [0.3, 0.4) is 0 Å². The SMILES string of the molecule is CCSc1cccc(C(=O)C2CC2)c1. The van der Waals surface area contributed by atoms with E-state index in [1.165, 1.54) is 4.90 Å². The highest BCUT2D eigenvalue weighted by atomic mass is 32.2. The van der Waals surface area contributed by atoms with Gasteiger partial charge in [0.15, 0.2) is 5.78 Å². The van der Waals surface area contributed by atoms with Crippen LogP contribution in [0.25, 0.3) is 0 Å². The summed E-state index contributed by atoms with van der Waals surface area (Å²) in [6.45, 7) is 2.13. The number of rotatable bonds is 4. The number of ketones is 1. The van der Waals surface area contributed by atoms with Crippen molar-refractivity contribution in [3.63, 3.8) is 0 Å². The second-order valence-electron chi connectivity index (χ2n) is 3.60. The summed E-state index contributed by atoms with van der Waals surface area (Å²) in [5, 5.41) is 0. The summed E-state index contributed by atoms with van der Waals surface area (Å²) in [5.74, 6) is 1.72. The molecule has 0 amide bonds. The van der Waals surface area contributed by atoms with Crippen LogP contribution in [-0.2, 0) is 0 Å². The van der Waals surface area contributed by atoms with Crippen LogP contribution in [0.2, 0.25) is 0 Å². The molecular weight excluding hydrogens is 192 g/mol. The molecule has 0 atom stereocenters. The van der Waals surface area contributed by atoms with Crippen molar-refractivity contribution in [1.82, 2.24) is 0 Å². The molecule has 0 saturated heterocycles. The average molecular weight is 206 g/mol. The molecule has 1 aliphatic carbocycles. The Hall–Kier alpha value is -0.760. The highest BCUT2D eigenvalue weighted by Crippen LogP contribution is 2.33. The largest absolute Gasteiger partial charge is 0.294 e. The maximum absolute atomic E-state index is 11.8. The van der Waals surface area contributed by atoms with Gasteiger partial charge in [-0.1, -0.05) is 19.1 Å². The molecular formula is C12H14OS. The zero-order valence-corrected chi connectivity index (χ0v) is 9.14. The first-order chi connectivity index (χ1) is 6.81. The van der Waals surface area contributed by atoms with E-state index < -0.39 is 0 Å². The van der Waals surface area contributed by atoms with Crippen molar-refractivity contribution < 1.29 is 4.79 Å². The number of hydrogen-bond acceptors (Lipinski definition) is 2. The number of hydrogen-bond donors (Lipinski definition) is 0. The molecule has 0 aliphatic heterocycles. The van der Waals surface area contributed by atoms with E-state index in [4.69, 9.17) is 0 Å². The number of carbonyl (C=O) groups is 1. The second-order valence-corrected chi connectivity index (χ2v) is 4.94. The van der Waals surface area contributed by atoms with Gasteiger partial charge in [0, 0.05) is 16.4 Å². The van der Waals surface area contributed by atoms with Gasteiger partial charge in [-0.3, -0.25) is 4.79 Å². The molecule has 1 aromatic carbocycles. The third kappa shape index (κ3) is 2.18. The molecule has 1 aromatic rings. The monoisotopic (exact) mass is 206 g/mol. The molecule has 0 unspecified atom stereocenters. The Morgan fingerprint density at radius 1 is 1.50 bits per heavy atom. The van der Waals surface area contributed by atoms with E-state index in [1.807, 2.05) is 18.2 Å². The van der Waals surface area contributed by atoms with Gasteiger partial charge in [-0.05, 0) is 30.7 Å².